The molecule has 0 radical (unpaired) electrons. The van der Waals surface area contributed by atoms with Gasteiger partial charge in [0.2, 0.25) is 0 Å². The topological polar surface area (TPSA) is 30.0 Å². The maximum atomic E-state index is 11.5. The summed E-state index contributed by atoms with van der Waals surface area (Å²) in [7, 11) is 0. The first-order valence-electron chi connectivity index (χ1n) is 5.79. The molecule has 0 aliphatic rings. The van der Waals surface area contributed by atoms with Gasteiger partial charge in [-0.3, -0.25) is 4.79 Å². The molecule has 0 aliphatic carbocycles. The number of benzene rings is 1. The maximum absolute atomic E-state index is 11.5. The number of fused-ring (bicyclic) bond motifs is 1. The fourth-order valence-corrected chi connectivity index (χ4v) is 3.47. The van der Waals surface area contributed by atoms with Crippen LogP contribution in [-0.4, -0.2) is 16.5 Å². The number of thioether (sulfide) groups is 1. The van der Waals surface area contributed by atoms with Crippen LogP contribution in [0.4, 0.5) is 0 Å². The second-order valence-electron chi connectivity index (χ2n) is 3.88. The van der Waals surface area contributed by atoms with Gasteiger partial charge in [-0.05, 0) is 18.6 Å². The van der Waals surface area contributed by atoms with E-state index in [1.54, 1.807) is 23.1 Å². The molecule has 2 aromatic rings. The number of aromatic nitrogens is 1. The molecule has 1 heterocycles. The van der Waals surface area contributed by atoms with Crippen LogP contribution in [0.15, 0.2) is 28.6 Å². The van der Waals surface area contributed by atoms with Crippen LogP contribution >= 0.6 is 23.1 Å². The molecule has 0 bridgehead atoms. The van der Waals surface area contributed by atoms with Crippen molar-refractivity contribution in [3.8, 4) is 0 Å². The van der Waals surface area contributed by atoms with Gasteiger partial charge < -0.3 is 0 Å². The fraction of sp³-hybridized carbons (Fsp3) is 0.385. The van der Waals surface area contributed by atoms with Crippen LogP contribution in [0.2, 0.25) is 0 Å². The van der Waals surface area contributed by atoms with Gasteiger partial charge in [0, 0.05) is 6.42 Å². The molecule has 0 fully saturated rings. The van der Waals surface area contributed by atoms with E-state index >= 15 is 0 Å². The molecular formula is C13H15NOS2. The average molecular weight is 265 g/mol. The number of rotatable bonds is 6. The third kappa shape index (κ3) is 3.54. The summed E-state index contributed by atoms with van der Waals surface area (Å²) in [4.78, 5) is 16.0. The van der Waals surface area contributed by atoms with Crippen molar-refractivity contribution in [1.29, 1.82) is 0 Å². The molecule has 0 saturated heterocycles. The molecule has 0 atom stereocenters. The van der Waals surface area contributed by atoms with E-state index in [0.29, 0.717) is 18.0 Å². The highest BCUT2D eigenvalue weighted by atomic mass is 32.2. The number of carbonyl (C=O) groups is 1. The number of carbonyl (C=O) groups excluding carboxylic acids is 1. The molecule has 2 nitrogen and oxygen atoms in total. The molecule has 0 unspecified atom stereocenters. The first kappa shape index (κ1) is 12.6. The van der Waals surface area contributed by atoms with Gasteiger partial charge >= 0.3 is 0 Å². The summed E-state index contributed by atoms with van der Waals surface area (Å²) in [5.41, 5.74) is 1.03. The highest BCUT2D eigenvalue weighted by Gasteiger charge is 2.07. The quantitative estimate of drug-likeness (QED) is 0.735. The van der Waals surface area contributed by atoms with E-state index in [1.165, 1.54) is 4.70 Å². The Morgan fingerprint density at radius 3 is 3.00 bits per heavy atom. The second-order valence-corrected chi connectivity index (χ2v) is 6.13. The van der Waals surface area contributed by atoms with Crippen LogP contribution in [0.25, 0.3) is 10.2 Å². The lowest BCUT2D eigenvalue weighted by atomic mass is 10.2. The Balaban J connectivity index is 1.92. The minimum absolute atomic E-state index is 0.330. The van der Waals surface area contributed by atoms with Crippen molar-refractivity contribution in [2.24, 2.45) is 0 Å². The summed E-state index contributed by atoms with van der Waals surface area (Å²) in [5.74, 6) is 0.885. The largest absolute Gasteiger partial charge is 0.299 e. The third-order valence-electron chi connectivity index (χ3n) is 2.44. The minimum Gasteiger partial charge on any atom is -0.299 e. The Morgan fingerprint density at radius 2 is 2.24 bits per heavy atom. The Bertz CT molecular complexity index is 474. The monoisotopic (exact) mass is 265 g/mol. The van der Waals surface area contributed by atoms with Gasteiger partial charge in [-0.2, -0.15) is 0 Å². The van der Waals surface area contributed by atoms with Crippen molar-refractivity contribution in [3.05, 3.63) is 24.3 Å². The van der Waals surface area contributed by atoms with E-state index in [9.17, 15) is 4.79 Å². The average Bonchev–Trinajstić information content (AvgIpc) is 2.76. The van der Waals surface area contributed by atoms with Gasteiger partial charge in [0.25, 0.3) is 0 Å². The molecule has 2 rings (SSSR count). The van der Waals surface area contributed by atoms with Gasteiger partial charge in [0.15, 0.2) is 4.34 Å². The molecule has 17 heavy (non-hydrogen) atoms. The Kier molecular flexibility index (Phi) is 4.57. The highest BCUT2D eigenvalue weighted by molar-refractivity contribution is 8.01. The number of unbranched alkanes of at least 4 members (excludes halogenated alkanes) is 1. The zero-order valence-corrected chi connectivity index (χ0v) is 11.4. The molecule has 0 saturated carbocycles. The first-order chi connectivity index (χ1) is 8.29. The van der Waals surface area contributed by atoms with E-state index < -0.39 is 0 Å². The number of hydrogen-bond donors (Lipinski definition) is 0. The molecule has 4 heteroatoms. The minimum atomic E-state index is 0.330. The predicted molar refractivity (Wildman–Crippen MR) is 74.9 cm³/mol. The van der Waals surface area contributed by atoms with Crippen molar-refractivity contribution in [2.45, 2.75) is 30.5 Å². The summed E-state index contributed by atoms with van der Waals surface area (Å²) < 4.78 is 2.19. The number of para-hydroxylation sites is 1. The summed E-state index contributed by atoms with van der Waals surface area (Å²) in [6, 6.07) is 8.08. The molecule has 0 aliphatic heterocycles. The molecule has 1 aromatic carbocycles. The van der Waals surface area contributed by atoms with Gasteiger partial charge in [-0.1, -0.05) is 37.2 Å². The predicted octanol–water partition coefficient (Wildman–Crippen LogP) is 4.15. The van der Waals surface area contributed by atoms with Crippen molar-refractivity contribution in [3.63, 3.8) is 0 Å². The standard InChI is InChI=1S/C13H15NOS2/c1-2-3-6-10(15)9-16-13-14-11-7-4-5-8-12(11)17-13/h4-5,7-8H,2-3,6,9H2,1H3. The SMILES string of the molecule is CCCCC(=O)CSc1nc2ccccc2s1. The van der Waals surface area contributed by atoms with Crippen molar-refractivity contribution >= 4 is 39.1 Å². The van der Waals surface area contributed by atoms with Crippen LogP contribution in [0.1, 0.15) is 26.2 Å². The van der Waals surface area contributed by atoms with E-state index in [1.807, 2.05) is 18.2 Å². The normalized spacial score (nSPS) is 10.9. The molecule has 90 valence electrons. The number of nitrogens with zero attached hydrogens (tertiary/aromatic N) is 1. The first-order valence-corrected chi connectivity index (χ1v) is 7.60. The van der Waals surface area contributed by atoms with Crippen LogP contribution in [0.5, 0.6) is 0 Å². The molecular weight excluding hydrogens is 250 g/mol. The summed E-state index contributed by atoms with van der Waals surface area (Å²) >= 11 is 3.23. The number of Topliss-reactive ketones (excluding diaryl/α,β-unsaturated/α-hetero) is 1. The summed E-state index contributed by atoms with van der Waals surface area (Å²) in [6.45, 7) is 2.11. The lowest BCUT2D eigenvalue weighted by Gasteiger charge is -1.96. The van der Waals surface area contributed by atoms with Crippen LogP contribution in [0, 0.1) is 0 Å². The summed E-state index contributed by atoms with van der Waals surface area (Å²) in [6.07, 6.45) is 2.78. The van der Waals surface area contributed by atoms with Gasteiger partial charge in [0.05, 0.1) is 16.0 Å². The smallest absolute Gasteiger partial charge is 0.151 e. The maximum Gasteiger partial charge on any atom is 0.151 e. The summed E-state index contributed by atoms with van der Waals surface area (Å²) in [5, 5.41) is 0. The van der Waals surface area contributed by atoms with Crippen LogP contribution in [-0.2, 0) is 4.79 Å². The molecule has 0 spiro atoms. The highest BCUT2D eigenvalue weighted by Crippen LogP contribution is 2.29. The molecule has 0 N–H and O–H groups in total. The molecule has 0 amide bonds. The van der Waals surface area contributed by atoms with E-state index in [0.717, 1.165) is 22.7 Å². The third-order valence-corrected chi connectivity index (χ3v) is 4.68. The Morgan fingerprint density at radius 1 is 1.41 bits per heavy atom. The molecule has 1 aromatic heterocycles. The van der Waals surface area contributed by atoms with Crippen molar-refractivity contribution in [1.82, 2.24) is 4.98 Å². The van der Waals surface area contributed by atoms with Crippen LogP contribution < -0.4 is 0 Å². The second kappa shape index (κ2) is 6.17. The Labute approximate surface area is 109 Å². The zero-order valence-electron chi connectivity index (χ0n) is 9.81. The van der Waals surface area contributed by atoms with Crippen molar-refractivity contribution in [2.75, 3.05) is 5.75 Å². The van der Waals surface area contributed by atoms with Crippen molar-refractivity contribution < 1.29 is 4.79 Å². The Hall–Kier alpha value is -0.870. The van der Waals surface area contributed by atoms with E-state index in [-0.39, 0.29) is 0 Å². The van der Waals surface area contributed by atoms with Crippen LogP contribution in [0.3, 0.4) is 0 Å². The zero-order chi connectivity index (χ0) is 12.1. The van der Waals surface area contributed by atoms with E-state index in [2.05, 4.69) is 18.0 Å². The lowest BCUT2D eigenvalue weighted by Crippen LogP contribution is -2.00. The fourth-order valence-electron chi connectivity index (χ4n) is 1.50. The number of ketones is 1. The van der Waals surface area contributed by atoms with Gasteiger partial charge in [0.1, 0.15) is 5.78 Å². The van der Waals surface area contributed by atoms with Gasteiger partial charge in [-0.15, -0.1) is 11.3 Å². The van der Waals surface area contributed by atoms with Gasteiger partial charge in [-0.25, -0.2) is 4.98 Å². The lowest BCUT2D eigenvalue weighted by molar-refractivity contribution is -0.116. The van der Waals surface area contributed by atoms with E-state index in [4.69, 9.17) is 0 Å². The number of hydrogen-bond acceptors (Lipinski definition) is 4. The number of thiazole rings is 1.